The molecule has 0 amide bonds. The number of hydrogen-bond donors (Lipinski definition) is 0. The Morgan fingerprint density at radius 1 is 1.67 bits per heavy atom. The Hall–Kier alpha value is -0.290. The van der Waals surface area contributed by atoms with Gasteiger partial charge in [0.2, 0.25) is 0 Å². The molecule has 5 heteroatoms. The molecule has 0 aromatic carbocycles. The number of halogens is 1. The topological polar surface area (TPSA) is 42.9 Å². The largest absolute Gasteiger partial charge is 0.292 e. The predicted octanol–water partition coefficient (Wildman–Crippen LogP) is 2.24. The van der Waals surface area contributed by atoms with Crippen LogP contribution in [0.1, 0.15) is 35.1 Å². The van der Waals surface area contributed by atoms with Crippen LogP contribution in [-0.4, -0.2) is 20.7 Å². The number of aromatic nitrogens is 2. The molecule has 0 spiro atoms. The van der Waals surface area contributed by atoms with E-state index < -0.39 is 0 Å². The maximum atomic E-state index is 11.3. The smallest absolute Gasteiger partial charge is 0.186 e. The number of hydrogen-bond acceptors (Lipinski definition) is 4. The zero-order valence-corrected chi connectivity index (χ0v) is 9.28. The fourth-order valence-electron chi connectivity index (χ4n) is 0.829. The summed E-state index contributed by atoms with van der Waals surface area (Å²) in [5.74, 6) is 0.329. The summed E-state index contributed by atoms with van der Waals surface area (Å²) in [6, 6.07) is 0. The normalized spacial score (nSPS) is 10.7. The second-order valence-electron chi connectivity index (χ2n) is 2.70. The van der Waals surface area contributed by atoms with Gasteiger partial charge in [0.1, 0.15) is 4.88 Å². The summed E-state index contributed by atoms with van der Waals surface area (Å²) in [6.45, 7) is 4.00. The van der Waals surface area contributed by atoms with Gasteiger partial charge in [0.25, 0.3) is 0 Å². The van der Waals surface area contributed by atoms with Gasteiger partial charge in [-0.15, -0.1) is 5.10 Å². The van der Waals surface area contributed by atoms with Crippen molar-refractivity contribution in [1.29, 1.82) is 0 Å². The van der Waals surface area contributed by atoms with Crippen LogP contribution in [-0.2, 0) is 0 Å². The highest BCUT2D eigenvalue weighted by Gasteiger charge is 2.16. The number of alkyl halides is 1. The SMILES string of the molecule is CC(C)c1nnsc1C(=O)CBr. The molecule has 12 heavy (non-hydrogen) atoms. The predicted molar refractivity (Wildman–Crippen MR) is 52.1 cm³/mol. The summed E-state index contributed by atoms with van der Waals surface area (Å²) in [5, 5.41) is 4.26. The molecule has 0 atom stereocenters. The maximum Gasteiger partial charge on any atom is 0.186 e. The molecule has 1 aromatic rings. The van der Waals surface area contributed by atoms with Gasteiger partial charge >= 0.3 is 0 Å². The van der Waals surface area contributed by atoms with Crippen LogP contribution < -0.4 is 0 Å². The molecule has 1 aromatic heterocycles. The van der Waals surface area contributed by atoms with Crippen LogP contribution in [0.15, 0.2) is 0 Å². The highest BCUT2D eigenvalue weighted by molar-refractivity contribution is 9.09. The van der Waals surface area contributed by atoms with E-state index in [0.717, 1.165) is 5.69 Å². The van der Waals surface area contributed by atoms with E-state index in [1.807, 2.05) is 13.8 Å². The molecular weight excluding hydrogens is 240 g/mol. The second-order valence-corrected chi connectivity index (χ2v) is 4.01. The third kappa shape index (κ3) is 1.90. The van der Waals surface area contributed by atoms with Gasteiger partial charge in [-0.05, 0) is 17.5 Å². The van der Waals surface area contributed by atoms with Crippen molar-refractivity contribution in [2.24, 2.45) is 0 Å². The summed E-state index contributed by atoms with van der Waals surface area (Å²) in [5.41, 5.74) is 0.810. The highest BCUT2D eigenvalue weighted by Crippen LogP contribution is 2.20. The van der Waals surface area contributed by atoms with Gasteiger partial charge in [-0.1, -0.05) is 34.3 Å². The Morgan fingerprint density at radius 2 is 2.33 bits per heavy atom. The zero-order chi connectivity index (χ0) is 9.14. The lowest BCUT2D eigenvalue weighted by Gasteiger charge is -2.00. The van der Waals surface area contributed by atoms with Gasteiger partial charge in [-0.3, -0.25) is 4.79 Å². The third-order valence-electron chi connectivity index (χ3n) is 1.43. The first-order chi connectivity index (χ1) is 5.66. The highest BCUT2D eigenvalue weighted by atomic mass is 79.9. The Kier molecular flexibility index (Phi) is 3.34. The number of carbonyl (C=O) groups is 1. The van der Waals surface area contributed by atoms with Crippen molar-refractivity contribution in [2.45, 2.75) is 19.8 Å². The van der Waals surface area contributed by atoms with Gasteiger partial charge in [0.15, 0.2) is 5.78 Å². The summed E-state index contributed by atoms with van der Waals surface area (Å²) in [6.07, 6.45) is 0. The number of ketones is 1. The quantitative estimate of drug-likeness (QED) is 0.609. The van der Waals surface area contributed by atoms with Gasteiger partial charge in [0.05, 0.1) is 11.0 Å². The molecule has 0 bridgehead atoms. The van der Waals surface area contributed by atoms with Crippen LogP contribution >= 0.6 is 27.5 Å². The van der Waals surface area contributed by atoms with Crippen molar-refractivity contribution in [3.8, 4) is 0 Å². The average Bonchev–Trinajstić information content (AvgIpc) is 2.50. The summed E-state index contributed by atoms with van der Waals surface area (Å²) in [4.78, 5) is 12.0. The van der Waals surface area contributed by atoms with Gasteiger partial charge in [-0.2, -0.15) is 0 Å². The number of carbonyl (C=O) groups excluding carboxylic acids is 1. The second kappa shape index (κ2) is 4.09. The van der Waals surface area contributed by atoms with Crippen LogP contribution in [0.3, 0.4) is 0 Å². The summed E-state index contributed by atoms with van der Waals surface area (Å²) in [7, 11) is 0. The monoisotopic (exact) mass is 248 g/mol. The lowest BCUT2D eigenvalue weighted by atomic mass is 10.1. The van der Waals surface area contributed by atoms with Crippen LogP contribution in [0.5, 0.6) is 0 Å². The van der Waals surface area contributed by atoms with E-state index in [0.29, 0.717) is 10.2 Å². The van der Waals surface area contributed by atoms with Crippen molar-refractivity contribution in [2.75, 3.05) is 5.33 Å². The molecule has 0 aliphatic carbocycles. The Balaban J connectivity index is 2.99. The van der Waals surface area contributed by atoms with E-state index in [1.165, 1.54) is 11.5 Å². The van der Waals surface area contributed by atoms with Crippen LogP contribution in [0, 0.1) is 0 Å². The van der Waals surface area contributed by atoms with Crippen molar-refractivity contribution in [3.05, 3.63) is 10.6 Å². The van der Waals surface area contributed by atoms with Crippen molar-refractivity contribution in [1.82, 2.24) is 9.59 Å². The van der Waals surface area contributed by atoms with E-state index in [2.05, 4.69) is 25.5 Å². The van der Waals surface area contributed by atoms with Gasteiger partial charge in [-0.25, -0.2) is 0 Å². The molecule has 66 valence electrons. The Labute approximate surface area is 83.5 Å². The van der Waals surface area contributed by atoms with E-state index >= 15 is 0 Å². The number of rotatable bonds is 3. The molecule has 1 heterocycles. The molecule has 1 rings (SSSR count). The zero-order valence-electron chi connectivity index (χ0n) is 6.87. The fraction of sp³-hybridized carbons (Fsp3) is 0.571. The molecule has 3 nitrogen and oxygen atoms in total. The standard InChI is InChI=1S/C7H9BrN2OS/c1-4(2)6-7(5(11)3-8)12-10-9-6/h4H,3H2,1-2H3. The van der Waals surface area contributed by atoms with Crippen molar-refractivity contribution < 1.29 is 4.79 Å². The van der Waals surface area contributed by atoms with Crippen LogP contribution in [0.4, 0.5) is 0 Å². The summed E-state index contributed by atoms with van der Waals surface area (Å²) < 4.78 is 3.76. The first kappa shape index (κ1) is 9.80. The fourth-order valence-corrected chi connectivity index (χ4v) is 2.05. The van der Waals surface area contributed by atoms with Gasteiger partial charge in [0, 0.05) is 0 Å². The molecule has 0 fully saturated rings. The third-order valence-corrected chi connectivity index (χ3v) is 2.73. The number of Topliss-reactive ketones (excluding diaryl/α,β-unsaturated/α-hetero) is 1. The van der Waals surface area contributed by atoms with Crippen molar-refractivity contribution >= 4 is 33.2 Å². The van der Waals surface area contributed by atoms with Crippen molar-refractivity contribution in [3.63, 3.8) is 0 Å². The van der Waals surface area contributed by atoms with E-state index in [9.17, 15) is 4.79 Å². The number of nitrogens with zero attached hydrogens (tertiary/aromatic N) is 2. The molecular formula is C7H9BrN2OS. The minimum atomic E-state index is 0.0636. The summed E-state index contributed by atoms with van der Waals surface area (Å²) >= 11 is 4.29. The molecule has 0 radical (unpaired) electrons. The van der Waals surface area contributed by atoms with E-state index in [-0.39, 0.29) is 11.7 Å². The lowest BCUT2D eigenvalue weighted by molar-refractivity contribution is 0.102. The minimum Gasteiger partial charge on any atom is -0.292 e. The van der Waals surface area contributed by atoms with E-state index in [1.54, 1.807) is 0 Å². The molecule has 0 unspecified atom stereocenters. The van der Waals surface area contributed by atoms with Crippen LogP contribution in [0.2, 0.25) is 0 Å². The molecule has 0 aliphatic rings. The maximum absolute atomic E-state index is 11.3. The van der Waals surface area contributed by atoms with E-state index in [4.69, 9.17) is 0 Å². The van der Waals surface area contributed by atoms with Crippen LogP contribution in [0.25, 0.3) is 0 Å². The molecule has 0 saturated carbocycles. The van der Waals surface area contributed by atoms with Gasteiger partial charge < -0.3 is 0 Å². The Bertz CT molecular complexity index is 285. The minimum absolute atomic E-state index is 0.0636. The average molecular weight is 249 g/mol. The molecule has 0 N–H and O–H groups in total. The molecule has 0 saturated heterocycles. The Morgan fingerprint density at radius 3 is 2.83 bits per heavy atom. The first-order valence-electron chi connectivity index (χ1n) is 3.58. The molecule has 0 aliphatic heterocycles. The first-order valence-corrected chi connectivity index (χ1v) is 5.47. The lowest BCUT2D eigenvalue weighted by Crippen LogP contribution is -2.02.